The van der Waals surface area contributed by atoms with E-state index in [1.54, 1.807) is 6.20 Å². The van der Waals surface area contributed by atoms with Crippen LogP contribution in [0.2, 0.25) is 5.02 Å². The molecule has 1 aromatic carbocycles. The average Bonchev–Trinajstić information content (AvgIpc) is 3.14. The zero-order chi connectivity index (χ0) is 16.4. The van der Waals surface area contributed by atoms with Crippen LogP contribution in [0.1, 0.15) is 25.0 Å². The van der Waals surface area contributed by atoms with Crippen molar-refractivity contribution in [3.63, 3.8) is 0 Å². The van der Waals surface area contributed by atoms with E-state index in [0.717, 1.165) is 60.0 Å². The fourth-order valence-electron chi connectivity index (χ4n) is 3.22. The van der Waals surface area contributed by atoms with Gasteiger partial charge in [0.1, 0.15) is 5.69 Å². The van der Waals surface area contributed by atoms with Crippen LogP contribution in [0.5, 0.6) is 0 Å². The smallest absolute Gasteiger partial charge is 0.101 e. The third-order valence-corrected chi connectivity index (χ3v) is 4.75. The number of pyridine rings is 1. The Bertz CT molecular complexity index is 845. The van der Waals surface area contributed by atoms with Crippen LogP contribution in [0.25, 0.3) is 22.0 Å². The predicted octanol–water partition coefficient (Wildman–Crippen LogP) is 4.46. The van der Waals surface area contributed by atoms with Gasteiger partial charge in [0.2, 0.25) is 0 Å². The number of benzene rings is 1. The zero-order valence-electron chi connectivity index (χ0n) is 13.3. The second kappa shape index (κ2) is 6.83. The van der Waals surface area contributed by atoms with Gasteiger partial charge in [0.15, 0.2) is 0 Å². The van der Waals surface area contributed by atoms with E-state index < -0.39 is 0 Å². The van der Waals surface area contributed by atoms with Crippen LogP contribution in [0.3, 0.4) is 0 Å². The van der Waals surface area contributed by atoms with Gasteiger partial charge in [-0.25, -0.2) is 0 Å². The van der Waals surface area contributed by atoms with E-state index in [9.17, 15) is 0 Å². The zero-order valence-corrected chi connectivity index (χ0v) is 14.0. The van der Waals surface area contributed by atoms with E-state index in [1.165, 1.54) is 0 Å². The number of rotatable bonds is 4. The van der Waals surface area contributed by atoms with E-state index >= 15 is 0 Å². The molecule has 5 heteroatoms. The number of fused-ring (bicyclic) bond motifs is 1. The highest BCUT2D eigenvalue weighted by atomic mass is 35.5. The molecule has 1 saturated heterocycles. The minimum Gasteiger partial charge on any atom is -0.378 e. The number of hydrogen-bond acceptors (Lipinski definition) is 4. The minimum atomic E-state index is 0.356. The standard InChI is InChI=1S/C19H18ClN3O/c20-14-5-3-13(4-6-14)19-16-9-10-21-12-17(16)18(22-23-19)8-7-15-2-1-11-24-15/h3-6,9-10,12,15H,1-2,7-8,11H2. The van der Waals surface area contributed by atoms with Gasteiger partial charge in [-0.1, -0.05) is 23.7 Å². The van der Waals surface area contributed by atoms with Gasteiger partial charge in [-0.05, 0) is 43.9 Å². The van der Waals surface area contributed by atoms with Crippen molar-refractivity contribution in [3.8, 4) is 11.3 Å². The lowest BCUT2D eigenvalue weighted by molar-refractivity contribution is 0.104. The molecule has 1 fully saturated rings. The van der Waals surface area contributed by atoms with Gasteiger partial charge in [0, 0.05) is 40.4 Å². The molecule has 122 valence electrons. The van der Waals surface area contributed by atoms with Crippen molar-refractivity contribution < 1.29 is 4.74 Å². The molecule has 24 heavy (non-hydrogen) atoms. The van der Waals surface area contributed by atoms with Crippen LogP contribution in [0.4, 0.5) is 0 Å². The first-order valence-electron chi connectivity index (χ1n) is 8.28. The topological polar surface area (TPSA) is 47.9 Å². The van der Waals surface area contributed by atoms with Crippen LogP contribution >= 0.6 is 11.6 Å². The van der Waals surface area contributed by atoms with Gasteiger partial charge in [-0.15, -0.1) is 5.10 Å². The van der Waals surface area contributed by atoms with Gasteiger partial charge in [0.05, 0.1) is 11.8 Å². The lowest BCUT2D eigenvalue weighted by atomic mass is 10.0. The number of halogens is 1. The Balaban J connectivity index is 1.70. The maximum absolute atomic E-state index is 5.99. The summed E-state index contributed by atoms with van der Waals surface area (Å²) in [6.07, 6.45) is 8.19. The molecule has 1 aliphatic rings. The summed E-state index contributed by atoms with van der Waals surface area (Å²) in [4.78, 5) is 4.28. The van der Waals surface area contributed by atoms with Crippen LogP contribution in [0.15, 0.2) is 42.7 Å². The summed E-state index contributed by atoms with van der Waals surface area (Å²) in [6, 6.07) is 9.69. The molecule has 2 aromatic heterocycles. The molecule has 0 amide bonds. The Morgan fingerprint density at radius 3 is 2.75 bits per heavy atom. The SMILES string of the molecule is Clc1ccc(-c2nnc(CCC3CCCO3)c3cnccc23)cc1. The fraction of sp³-hybridized carbons (Fsp3) is 0.316. The van der Waals surface area contributed by atoms with Gasteiger partial charge < -0.3 is 4.74 Å². The largest absolute Gasteiger partial charge is 0.378 e. The number of nitrogens with zero attached hydrogens (tertiary/aromatic N) is 3. The molecule has 0 aliphatic carbocycles. The molecule has 4 rings (SSSR count). The number of aromatic nitrogens is 3. The monoisotopic (exact) mass is 339 g/mol. The number of hydrogen-bond donors (Lipinski definition) is 0. The third kappa shape index (κ3) is 3.12. The highest BCUT2D eigenvalue weighted by Crippen LogP contribution is 2.29. The van der Waals surface area contributed by atoms with Crippen molar-refractivity contribution in [3.05, 3.63) is 53.4 Å². The van der Waals surface area contributed by atoms with Crippen molar-refractivity contribution >= 4 is 22.4 Å². The molecule has 0 radical (unpaired) electrons. The summed E-state index contributed by atoms with van der Waals surface area (Å²) in [7, 11) is 0. The van der Waals surface area contributed by atoms with Gasteiger partial charge in [-0.3, -0.25) is 4.98 Å². The first-order chi connectivity index (χ1) is 11.8. The molecule has 1 unspecified atom stereocenters. The van der Waals surface area contributed by atoms with Crippen molar-refractivity contribution in [2.75, 3.05) is 6.61 Å². The van der Waals surface area contributed by atoms with Crippen molar-refractivity contribution in [1.29, 1.82) is 0 Å². The van der Waals surface area contributed by atoms with Crippen molar-refractivity contribution in [2.24, 2.45) is 0 Å². The summed E-state index contributed by atoms with van der Waals surface area (Å²) in [6.45, 7) is 0.883. The molecule has 3 aromatic rings. The summed E-state index contributed by atoms with van der Waals surface area (Å²) < 4.78 is 5.71. The van der Waals surface area contributed by atoms with E-state index in [1.807, 2.05) is 36.5 Å². The molecule has 3 heterocycles. The highest BCUT2D eigenvalue weighted by Gasteiger charge is 2.17. The van der Waals surface area contributed by atoms with Crippen molar-refractivity contribution in [1.82, 2.24) is 15.2 Å². The molecule has 1 aliphatic heterocycles. The molecule has 0 saturated carbocycles. The van der Waals surface area contributed by atoms with Gasteiger partial charge in [-0.2, -0.15) is 5.10 Å². The Hall–Kier alpha value is -2.04. The fourth-order valence-corrected chi connectivity index (χ4v) is 3.35. The molecule has 0 N–H and O–H groups in total. The Labute approximate surface area is 145 Å². The summed E-state index contributed by atoms with van der Waals surface area (Å²) in [5.41, 5.74) is 2.87. The van der Waals surface area contributed by atoms with E-state index in [4.69, 9.17) is 16.3 Å². The summed E-state index contributed by atoms with van der Waals surface area (Å²) in [5, 5.41) is 11.8. The van der Waals surface area contributed by atoms with Gasteiger partial charge in [0.25, 0.3) is 0 Å². The first-order valence-corrected chi connectivity index (χ1v) is 8.66. The Kier molecular flexibility index (Phi) is 4.41. The van der Waals surface area contributed by atoms with E-state index in [-0.39, 0.29) is 0 Å². The molecular formula is C19H18ClN3O. The number of aryl methyl sites for hydroxylation is 1. The Morgan fingerprint density at radius 2 is 1.96 bits per heavy atom. The van der Waals surface area contributed by atoms with E-state index in [2.05, 4.69) is 15.2 Å². The van der Waals surface area contributed by atoms with Crippen LogP contribution < -0.4 is 0 Å². The van der Waals surface area contributed by atoms with Crippen LogP contribution in [-0.2, 0) is 11.2 Å². The van der Waals surface area contributed by atoms with Crippen LogP contribution in [-0.4, -0.2) is 27.9 Å². The summed E-state index contributed by atoms with van der Waals surface area (Å²) in [5.74, 6) is 0. The average molecular weight is 340 g/mol. The number of ether oxygens (including phenoxy) is 1. The maximum atomic E-state index is 5.99. The first kappa shape index (κ1) is 15.5. The molecule has 0 spiro atoms. The quantitative estimate of drug-likeness (QED) is 0.704. The molecule has 1 atom stereocenters. The molecular weight excluding hydrogens is 322 g/mol. The van der Waals surface area contributed by atoms with Gasteiger partial charge >= 0.3 is 0 Å². The van der Waals surface area contributed by atoms with E-state index in [0.29, 0.717) is 11.1 Å². The predicted molar refractivity (Wildman–Crippen MR) is 95.1 cm³/mol. The van der Waals surface area contributed by atoms with Crippen LogP contribution in [0, 0.1) is 0 Å². The second-order valence-electron chi connectivity index (χ2n) is 6.10. The normalized spacial score (nSPS) is 17.5. The third-order valence-electron chi connectivity index (χ3n) is 4.50. The minimum absolute atomic E-state index is 0.356. The highest BCUT2D eigenvalue weighted by molar-refractivity contribution is 6.30. The Morgan fingerprint density at radius 1 is 1.08 bits per heavy atom. The maximum Gasteiger partial charge on any atom is 0.101 e. The second-order valence-corrected chi connectivity index (χ2v) is 6.53. The summed E-state index contributed by atoms with van der Waals surface area (Å²) >= 11 is 5.99. The lowest BCUT2D eigenvalue weighted by Gasteiger charge is -2.11. The van der Waals surface area contributed by atoms with Crippen molar-refractivity contribution in [2.45, 2.75) is 31.8 Å². The lowest BCUT2D eigenvalue weighted by Crippen LogP contribution is -2.08. The molecule has 4 nitrogen and oxygen atoms in total. The molecule has 0 bridgehead atoms.